The average Bonchev–Trinajstić information content (AvgIpc) is 2.53. The van der Waals surface area contributed by atoms with E-state index >= 15 is 0 Å². The van der Waals surface area contributed by atoms with E-state index in [1.165, 1.54) is 6.07 Å². The van der Waals surface area contributed by atoms with Crippen molar-refractivity contribution >= 4 is 23.2 Å². The third kappa shape index (κ3) is 4.14. The first kappa shape index (κ1) is 15.7. The second-order valence-electron chi connectivity index (χ2n) is 4.47. The standard InChI is InChI=1S/C16H14ClN3O2/c17-12-3-6-15(14(9-12)16(19)21)20-7-8-22-13-4-1-11(10-18)2-5-13/h1-6,9,20H,7-8H2,(H2,19,21). The number of primary amides is 1. The number of halogens is 1. The highest BCUT2D eigenvalue weighted by atomic mass is 35.5. The van der Waals surface area contributed by atoms with Crippen molar-refractivity contribution in [3.05, 3.63) is 58.6 Å². The van der Waals surface area contributed by atoms with Crippen molar-refractivity contribution < 1.29 is 9.53 Å². The maximum atomic E-state index is 11.4. The Morgan fingerprint density at radius 3 is 2.64 bits per heavy atom. The van der Waals surface area contributed by atoms with Crippen molar-refractivity contribution in [3.63, 3.8) is 0 Å². The van der Waals surface area contributed by atoms with Gasteiger partial charge in [-0.05, 0) is 42.5 Å². The Morgan fingerprint density at radius 2 is 2.00 bits per heavy atom. The Bertz CT molecular complexity index is 708. The van der Waals surface area contributed by atoms with Gasteiger partial charge in [-0.25, -0.2) is 0 Å². The largest absolute Gasteiger partial charge is 0.492 e. The zero-order valence-electron chi connectivity index (χ0n) is 11.7. The van der Waals surface area contributed by atoms with Gasteiger partial charge in [0.25, 0.3) is 5.91 Å². The fourth-order valence-electron chi connectivity index (χ4n) is 1.85. The van der Waals surface area contributed by atoms with Crippen LogP contribution < -0.4 is 15.8 Å². The number of amides is 1. The minimum atomic E-state index is -0.544. The molecule has 0 fully saturated rings. The first-order chi connectivity index (χ1) is 10.6. The lowest BCUT2D eigenvalue weighted by molar-refractivity contribution is 0.100. The van der Waals surface area contributed by atoms with Gasteiger partial charge in [-0.1, -0.05) is 11.6 Å². The Kier molecular flexibility index (Phi) is 5.23. The highest BCUT2D eigenvalue weighted by molar-refractivity contribution is 6.31. The van der Waals surface area contributed by atoms with E-state index in [1.54, 1.807) is 36.4 Å². The summed E-state index contributed by atoms with van der Waals surface area (Å²) in [7, 11) is 0. The molecular formula is C16H14ClN3O2. The van der Waals surface area contributed by atoms with Gasteiger partial charge in [0, 0.05) is 17.3 Å². The molecule has 0 spiro atoms. The van der Waals surface area contributed by atoms with Crippen LogP contribution in [0.5, 0.6) is 5.75 Å². The molecule has 0 heterocycles. The van der Waals surface area contributed by atoms with Crippen molar-refractivity contribution in [2.75, 3.05) is 18.5 Å². The summed E-state index contributed by atoms with van der Waals surface area (Å²) in [5.74, 6) is 0.130. The molecule has 5 nitrogen and oxygen atoms in total. The van der Waals surface area contributed by atoms with E-state index in [0.29, 0.717) is 40.7 Å². The first-order valence-electron chi connectivity index (χ1n) is 6.56. The quantitative estimate of drug-likeness (QED) is 0.802. The van der Waals surface area contributed by atoms with Crippen LogP contribution in [0.1, 0.15) is 15.9 Å². The van der Waals surface area contributed by atoms with Crippen LogP contribution in [-0.4, -0.2) is 19.1 Å². The summed E-state index contributed by atoms with van der Waals surface area (Å²) in [6, 6.07) is 13.8. The minimum absolute atomic E-state index is 0.339. The van der Waals surface area contributed by atoms with Crippen molar-refractivity contribution in [1.82, 2.24) is 0 Å². The van der Waals surface area contributed by atoms with E-state index in [4.69, 9.17) is 27.3 Å². The molecule has 0 radical (unpaired) electrons. The summed E-state index contributed by atoms with van der Waals surface area (Å²) >= 11 is 5.84. The molecule has 0 aliphatic heterocycles. The molecule has 2 aromatic carbocycles. The number of nitrogens with zero attached hydrogens (tertiary/aromatic N) is 1. The summed E-state index contributed by atoms with van der Waals surface area (Å²) in [5.41, 5.74) is 6.84. The lowest BCUT2D eigenvalue weighted by Gasteiger charge is -2.11. The number of nitrogens with one attached hydrogen (secondary N) is 1. The lowest BCUT2D eigenvalue weighted by Crippen LogP contribution is -2.17. The van der Waals surface area contributed by atoms with Gasteiger partial charge in [0.2, 0.25) is 0 Å². The smallest absolute Gasteiger partial charge is 0.250 e. The van der Waals surface area contributed by atoms with Crippen LogP contribution in [0.2, 0.25) is 5.02 Å². The molecule has 0 unspecified atom stereocenters. The zero-order chi connectivity index (χ0) is 15.9. The fourth-order valence-corrected chi connectivity index (χ4v) is 2.03. The number of hydrogen-bond acceptors (Lipinski definition) is 4. The number of hydrogen-bond donors (Lipinski definition) is 2. The molecule has 0 atom stereocenters. The molecule has 0 aliphatic rings. The van der Waals surface area contributed by atoms with Crippen LogP contribution in [0.4, 0.5) is 5.69 Å². The summed E-state index contributed by atoms with van der Waals surface area (Å²) in [4.78, 5) is 11.4. The fraction of sp³-hybridized carbons (Fsp3) is 0.125. The Hall–Kier alpha value is -2.71. The summed E-state index contributed by atoms with van der Waals surface area (Å²) in [6.45, 7) is 0.884. The molecule has 112 valence electrons. The molecule has 6 heteroatoms. The van der Waals surface area contributed by atoms with Gasteiger partial charge in [-0.2, -0.15) is 5.26 Å². The van der Waals surface area contributed by atoms with Gasteiger partial charge < -0.3 is 15.8 Å². The SMILES string of the molecule is N#Cc1ccc(OCCNc2ccc(Cl)cc2C(N)=O)cc1. The average molecular weight is 316 g/mol. The molecule has 0 aromatic heterocycles. The van der Waals surface area contributed by atoms with Crippen LogP contribution in [-0.2, 0) is 0 Å². The summed E-state index contributed by atoms with van der Waals surface area (Å²) in [6.07, 6.45) is 0. The molecular weight excluding hydrogens is 302 g/mol. The Balaban J connectivity index is 1.88. The zero-order valence-corrected chi connectivity index (χ0v) is 12.4. The van der Waals surface area contributed by atoms with E-state index < -0.39 is 5.91 Å². The molecule has 0 saturated carbocycles. The van der Waals surface area contributed by atoms with Gasteiger partial charge in [0.05, 0.1) is 17.2 Å². The van der Waals surface area contributed by atoms with Crippen LogP contribution in [0.15, 0.2) is 42.5 Å². The van der Waals surface area contributed by atoms with E-state index in [0.717, 1.165) is 0 Å². The molecule has 2 aromatic rings. The van der Waals surface area contributed by atoms with Crippen molar-refractivity contribution in [1.29, 1.82) is 5.26 Å². The van der Waals surface area contributed by atoms with Gasteiger partial charge in [0.1, 0.15) is 12.4 Å². The predicted molar refractivity (Wildman–Crippen MR) is 85.1 cm³/mol. The molecule has 1 amide bonds. The first-order valence-corrected chi connectivity index (χ1v) is 6.94. The van der Waals surface area contributed by atoms with Gasteiger partial charge in [-0.3, -0.25) is 4.79 Å². The van der Waals surface area contributed by atoms with Crippen LogP contribution in [0.3, 0.4) is 0 Å². The number of nitrogens with two attached hydrogens (primary N) is 1. The van der Waals surface area contributed by atoms with Gasteiger partial charge in [-0.15, -0.1) is 0 Å². The van der Waals surface area contributed by atoms with Crippen LogP contribution >= 0.6 is 11.6 Å². The van der Waals surface area contributed by atoms with E-state index in [9.17, 15) is 4.79 Å². The molecule has 0 aliphatic carbocycles. The number of anilines is 1. The minimum Gasteiger partial charge on any atom is -0.492 e. The third-order valence-electron chi connectivity index (χ3n) is 2.92. The number of ether oxygens (including phenoxy) is 1. The highest BCUT2D eigenvalue weighted by Crippen LogP contribution is 2.20. The molecule has 0 bridgehead atoms. The van der Waals surface area contributed by atoms with Crippen LogP contribution in [0.25, 0.3) is 0 Å². The van der Waals surface area contributed by atoms with E-state index in [1.807, 2.05) is 6.07 Å². The molecule has 22 heavy (non-hydrogen) atoms. The highest BCUT2D eigenvalue weighted by Gasteiger charge is 2.08. The molecule has 0 saturated heterocycles. The second-order valence-corrected chi connectivity index (χ2v) is 4.90. The topological polar surface area (TPSA) is 88.1 Å². The van der Waals surface area contributed by atoms with Crippen molar-refractivity contribution in [2.24, 2.45) is 5.73 Å². The van der Waals surface area contributed by atoms with Crippen molar-refractivity contribution in [2.45, 2.75) is 0 Å². The third-order valence-corrected chi connectivity index (χ3v) is 3.15. The number of rotatable bonds is 6. The number of carbonyl (C=O) groups is 1. The molecule has 3 N–H and O–H groups in total. The Morgan fingerprint density at radius 1 is 1.27 bits per heavy atom. The monoisotopic (exact) mass is 315 g/mol. The summed E-state index contributed by atoms with van der Waals surface area (Å²) in [5, 5.41) is 12.2. The molecule has 2 rings (SSSR count). The number of benzene rings is 2. The maximum Gasteiger partial charge on any atom is 0.250 e. The lowest BCUT2D eigenvalue weighted by atomic mass is 10.1. The number of carbonyl (C=O) groups excluding carboxylic acids is 1. The normalized spacial score (nSPS) is 9.82. The maximum absolute atomic E-state index is 11.4. The van der Waals surface area contributed by atoms with Gasteiger partial charge in [0.15, 0.2) is 0 Å². The van der Waals surface area contributed by atoms with E-state index in [2.05, 4.69) is 5.32 Å². The predicted octanol–water partition coefficient (Wildman–Crippen LogP) is 2.80. The van der Waals surface area contributed by atoms with Gasteiger partial charge >= 0.3 is 0 Å². The number of nitriles is 1. The van der Waals surface area contributed by atoms with Crippen molar-refractivity contribution in [3.8, 4) is 11.8 Å². The van der Waals surface area contributed by atoms with Crippen LogP contribution in [0, 0.1) is 11.3 Å². The summed E-state index contributed by atoms with van der Waals surface area (Å²) < 4.78 is 5.54. The second kappa shape index (κ2) is 7.34. The Labute approximate surface area is 133 Å². The van der Waals surface area contributed by atoms with E-state index in [-0.39, 0.29) is 0 Å².